The van der Waals surface area contributed by atoms with E-state index in [1.807, 2.05) is 0 Å². The minimum absolute atomic E-state index is 0.111. The van der Waals surface area contributed by atoms with Gasteiger partial charge in [0.05, 0.1) is 5.56 Å². The molecule has 1 aromatic heterocycles. The Morgan fingerprint density at radius 1 is 1.53 bits per heavy atom. The van der Waals surface area contributed by atoms with Gasteiger partial charge in [-0.25, -0.2) is 9.37 Å². The highest BCUT2D eigenvalue weighted by atomic mass is 19.1. The van der Waals surface area contributed by atoms with Gasteiger partial charge in [0, 0.05) is 23.0 Å². The molecule has 0 N–H and O–H groups in total. The average Bonchev–Trinajstić information content (AvgIpc) is 2.82. The fourth-order valence-electron chi connectivity index (χ4n) is 1.31. The zero-order valence-corrected chi connectivity index (χ0v) is 8.49. The zero-order chi connectivity index (χ0) is 12.3. The zero-order valence-electron chi connectivity index (χ0n) is 8.49. The Bertz CT molecular complexity index is 601. The molecule has 1 aromatic carbocycles. The lowest BCUT2D eigenvalue weighted by atomic mass is 10.2. The second kappa shape index (κ2) is 4.46. The molecule has 0 spiro atoms. The summed E-state index contributed by atoms with van der Waals surface area (Å²) in [5.41, 5.74) is 8.20. The number of carbonyl (C=O) groups is 1. The molecule has 0 atom stereocenters. The number of carbonyl (C=O) groups excluding carboxylic acids is 1. The Labute approximate surface area is 95.0 Å². The third-order valence-corrected chi connectivity index (χ3v) is 2.08. The first-order valence-corrected chi connectivity index (χ1v) is 4.59. The normalized spacial score (nSPS) is 9.71. The number of hydrogen-bond acceptors (Lipinski definition) is 3. The summed E-state index contributed by atoms with van der Waals surface area (Å²) in [6, 6.07) is 3.64. The number of benzene rings is 1. The van der Waals surface area contributed by atoms with E-state index < -0.39 is 11.7 Å². The molecule has 0 fully saturated rings. The number of imidazole rings is 1. The first-order valence-electron chi connectivity index (χ1n) is 4.59. The van der Waals surface area contributed by atoms with E-state index in [0.717, 1.165) is 10.6 Å². The molecule has 0 saturated carbocycles. The summed E-state index contributed by atoms with van der Waals surface area (Å²) in [6.45, 7) is 0. The number of nitrogens with zero attached hydrogens (tertiary/aromatic N) is 5. The summed E-state index contributed by atoms with van der Waals surface area (Å²) < 4.78 is 14.7. The number of azide groups is 1. The maximum Gasteiger partial charge on any atom is 0.266 e. The van der Waals surface area contributed by atoms with Crippen molar-refractivity contribution in [3.8, 4) is 0 Å². The third kappa shape index (κ3) is 2.14. The Kier molecular flexibility index (Phi) is 2.85. The van der Waals surface area contributed by atoms with Crippen LogP contribution in [0.5, 0.6) is 0 Å². The van der Waals surface area contributed by atoms with Gasteiger partial charge in [-0.15, -0.1) is 0 Å². The lowest BCUT2D eigenvalue weighted by Gasteiger charge is -2.03. The smallest absolute Gasteiger partial charge is 0.266 e. The molecule has 0 aliphatic heterocycles. The Morgan fingerprint density at radius 3 is 2.94 bits per heavy atom. The number of aromatic nitrogens is 2. The summed E-state index contributed by atoms with van der Waals surface area (Å²) in [4.78, 5) is 18.0. The monoisotopic (exact) mass is 231 g/mol. The van der Waals surface area contributed by atoms with E-state index in [9.17, 15) is 9.18 Å². The van der Waals surface area contributed by atoms with Crippen LogP contribution in [0.15, 0.2) is 42.0 Å². The molecular weight excluding hydrogens is 225 g/mol. The maximum atomic E-state index is 13.6. The molecule has 0 saturated heterocycles. The molecule has 0 aliphatic carbocycles. The molecule has 84 valence electrons. The first kappa shape index (κ1) is 10.8. The SMILES string of the molecule is [N-]=[N+]=Nc1ccc(C(=O)n2ccnc2)c(F)c1. The van der Waals surface area contributed by atoms with Gasteiger partial charge in [-0.1, -0.05) is 11.2 Å². The largest absolute Gasteiger partial charge is 0.272 e. The van der Waals surface area contributed by atoms with E-state index in [4.69, 9.17) is 5.53 Å². The summed E-state index contributed by atoms with van der Waals surface area (Å²) >= 11 is 0. The van der Waals surface area contributed by atoms with Crippen molar-refractivity contribution in [1.29, 1.82) is 0 Å². The lowest BCUT2D eigenvalue weighted by molar-refractivity contribution is 0.0956. The van der Waals surface area contributed by atoms with Crippen LogP contribution < -0.4 is 0 Å². The Morgan fingerprint density at radius 2 is 2.35 bits per heavy atom. The maximum absolute atomic E-state index is 13.6. The van der Waals surface area contributed by atoms with Gasteiger partial charge in [0.15, 0.2) is 0 Å². The van der Waals surface area contributed by atoms with Gasteiger partial charge in [0.25, 0.3) is 5.91 Å². The van der Waals surface area contributed by atoms with Gasteiger partial charge in [-0.05, 0) is 17.7 Å². The van der Waals surface area contributed by atoms with Crippen LogP contribution in [0.1, 0.15) is 10.4 Å². The molecule has 0 aliphatic rings. The predicted octanol–water partition coefficient (Wildman–Crippen LogP) is 2.65. The van der Waals surface area contributed by atoms with Crippen molar-refractivity contribution >= 4 is 11.6 Å². The standard InChI is InChI=1S/C10H6FN5O/c11-9-5-7(14-15-12)1-2-8(9)10(17)16-4-3-13-6-16/h1-6H. The topological polar surface area (TPSA) is 83.7 Å². The molecule has 2 rings (SSSR count). The molecule has 17 heavy (non-hydrogen) atoms. The van der Waals surface area contributed by atoms with Gasteiger partial charge in [-0.3, -0.25) is 9.36 Å². The van der Waals surface area contributed by atoms with Crippen LogP contribution in [-0.4, -0.2) is 15.5 Å². The van der Waals surface area contributed by atoms with E-state index >= 15 is 0 Å². The van der Waals surface area contributed by atoms with Crippen LogP contribution in [0.4, 0.5) is 10.1 Å². The van der Waals surface area contributed by atoms with Crippen molar-refractivity contribution in [2.24, 2.45) is 5.11 Å². The van der Waals surface area contributed by atoms with Gasteiger partial charge in [-0.2, -0.15) is 0 Å². The van der Waals surface area contributed by atoms with Crippen LogP contribution in [0, 0.1) is 5.82 Å². The molecule has 2 aromatic rings. The summed E-state index contributed by atoms with van der Waals surface area (Å²) in [6.07, 6.45) is 4.12. The van der Waals surface area contributed by atoms with E-state index in [1.165, 1.54) is 30.9 Å². The number of halogens is 1. The summed E-state index contributed by atoms with van der Waals surface area (Å²) in [5, 5.41) is 3.24. The fraction of sp³-hybridized carbons (Fsp3) is 0. The van der Waals surface area contributed by atoms with Crippen molar-refractivity contribution in [3.63, 3.8) is 0 Å². The average molecular weight is 231 g/mol. The quantitative estimate of drug-likeness (QED) is 0.452. The lowest BCUT2D eigenvalue weighted by Crippen LogP contribution is -2.11. The second-order valence-corrected chi connectivity index (χ2v) is 3.13. The van der Waals surface area contributed by atoms with Crippen LogP contribution in [0.25, 0.3) is 10.4 Å². The van der Waals surface area contributed by atoms with E-state index in [1.54, 1.807) is 0 Å². The van der Waals surface area contributed by atoms with Crippen molar-refractivity contribution in [2.45, 2.75) is 0 Å². The highest BCUT2D eigenvalue weighted by molar-refractivity contribution is 5.96. The highest BCUT2D eigenvalue weighted by Crippen LogP contribution is 2.18. The van der Waals surface area contributed by atoms with E-state index in [2.05, 4.69) is 15.0 Å². The summed E-state index contributed by atoms with van der Waals surface area (Å²) in [7, 11) is 0. The number of hydrogen-bond donors (Lipinski definition) is 0. The molecule has 0 bridgehead atoms. The van der Waals surface area contributed by atoms with Gasteiger partial charge < -0.3 is 0 Å². The first-order chi connectivity index (χ1) is 8.22. The van der Waals surface area contributed by atoms with Gasteiger partial charge in [0.1, 0.15) is 12.1 Å². The van der Waals surface area contributed by atoms with Crippen molar-refractivity contribution in [1.82, 2.24) is 9.55 Å². The van der Waals surface area contributed by atoms with Crippen molar-refractivity contribution in [3.05, 3.63) is 58.7 Å². The third-order valence-electron chi connectivity index (χ3n) is 2.08. The van der Waals surface area contributed by atoms with Crippen molar-refractivity contribution in [2.75, 3.05) is 0 Å². The Balaban J connectivity index is 2.40. The minimum atomic E-state index is -0.742. The summed E-state index contributed by atoms with van der Waals surface area (Å²) in [5.74, 6) is -1.28. The molecule has 0 radical (unpaired) electrons. The van der Waals surface area contributed by atoms with E-state index in [0.29, 0.717) is 0 Å². The molecular formula is C10H6FN5O. The fourth-order valence-corrected chi connectivity index (χ4v) is 1.31. The molecule has 0 unspecified atom stereocenters. The van der Waals surface area contributed by atoms with Gasteiger partial charge in [0.2, 0.25) is 0 Å². The molecule has 0 amide bonds. The van der Waals surface area contributed by atoms with Crippen molar-refractivity contribution < 1.29 is 9.18 Å². The molecule has 1 heterocycles. The molecule has 6 nitrogen and oxygen atoms in total. The number of rotatable bonds is 2. The van der Waals surface area contributed by atoms with E-state index in [-0.39, 0.29) is 11.3 Å². The van der Waals surface area contributed by atoms with Crippen LogP contribution in [0.2, 0.25) is 0 Å². The van der Waals surface area contributed by atoms with Crippen LogP contribution in [0.3, 0.4) is 0 Å². The van der Waals surface area contributed by atoms with Crippen LogP contribution >= 0.6 is 0 Å². The van der Waals surface area contributed by atoms with Gasteiger partial charge >= 0.3 is 0 Å². The predicted molar refractivity (Wildman–Crippen MR) is 57.2 cm³/mol. The Hall–Kier alpha value is -2.66. The van der Waals surface area contributed by atoms with Crippen LogP contribution in [-0.2, 0) is 0 Å². The minimum Gasteiger partial charge on any atom is -0.272 e. The second-order valence-electron chi connectivity index (χ2n) is 3.13. The molecule has 7 heteroatoms. The highest BCUT2D eigenvalue weighted by Gasteiger charge is 2.13.